The largest absolute Gasteiger partial charge is 0.495 e. The van der Waals surface area contributed by atoms with Gasteiger partial charge in [0.25, 0.3) is 0 Å². The van der Waals surface area contributed by atoms with Gasteiger partial charge in [0.15, 0.2) is 0 Å². The molecule has 0 spiro atoms. The number of ether oxygens (including phenoxy) is 1. The molecule has 6 nitrogen and oxygen atoms in total. The van der Waals surface area contributed by atoms with E-state index in [9.17, 15) is 9.59 Å². The first kappa shape index (κ1) is 14.6. The molecule has 1 rings (SSSR count). The number of carboxylic acid groups (broad SMARTS) is 1. The summed E-state index contributed by atoms with van der Waals surface area (Å²) < 4.78 is 5.07. The van der Waals surface area contributed by atoms with Crippen LogP contribution in [0.2, 0.25) is 0 Å². The summed E-state index contributed by atoms with van der Waals surface area (Å²) in [6.45, 7) is 3.92. The number of carboxylic acids is 1. The predicted molar refractivity (Wildman–Crippen MR) is 71.8 cm³/mol. The van der Waals surface area contributed by atoms with Crippen molar-refractivity contribution in [3.8, 4) is 5.75 Å². The van der Waals surface area contributed by atoms with Crippen molar-refractivity contribution in [1.82, 2.24) is 4.90 Å². The van der Waals surface area contributed by atoms with E-state index in [2.05, 4.69) is 11.9 Å². The number of likely N-dealkylation sites (N-methyl/N-ethyl adjacent to an activating group) is 1. The van der Waals surface area contributed by atoms with E-state index in [0.717, 1.165) is 0 Å². The zero-order valence-corrected chi connectivity index (χ0v) is 10.8. The molecule has 1 aromatic carbocycles. The maximum atomic E-state index is 11.8. The van der Waals surface area contributed by atoms with E-state index in [-0.39, 0.29) is 11.6 Å². The molecule has 0 aliphatic rings. The molecule has 0 heterocycles. The summed E-state index contributed by atoms with van der Waals surface area (Å²) in [5, 5.41) is 11.5. The molecule has 102 valence electrons. The summed E-state index contributed by atoms with van der Waals surface area (Å²) in [5.41, 5.74) is 0.380. The number of anilines is 1. The minimum atomic E-state index is -1.07. The molecule has 0 atom stereocenters. The molecule has 0 unspecified atom stereocenters. The normalized spacial score (nSPS) is 9.58. The number of hydrogen-bond acceptors (Lipinski definition) is 3. The van der Waals surface area contributed by atoms with Crippen molar-refractivity contribution in [2.24, 2.45) is 0 Å². The zero-order chi connectivity index (χ0) is 14.4. The Morgan fingerprint density at radius 1 is 1.53 bits per heavy atom. The average molecular weight is 264 g/mol. The average Bonchev–Trinajstić information content (AvgIpc) is 2.38. The lowest BCUT2D eigenvalue weighted by atomic mass is 10.2. The molecule has 0 aliphatic carbocycles. The highest BCUT2D eigenvalue weighted by molar-refractivity contribution is 5.94. The Hall–Kier alpha value is -2.50. The molecule has 2 amide bonds. The number of nitrogens with zero attached hydrogens (tertiary/aromatic N) is 1. The van der Waals surface area contributed by atoms with Gasteiger partial charge in [0, 0.05) is 13.6 Å². The number of rotatable bonds is 5. The van der Waals surface area contributed by atoms with Crippen LogP contribution in [-0.4, -0.2) is 42.7 Å². The highest BCUT2D eigenvalue weighted by Gasteiger charge is 2.13. The molecule has 0 saturated heterocycles. The number of methoxy groups -OCH3 is 1. The van der Waals surface area contributed by atoms with Crippen LogP contribution < -0.4 is 10.1 Å². The second-order valence-electron chi connectivity index (χ2n) is 3.82. The first-order chi connectivity index (χ1) is 8.99. The molecule has 0 saturated carbocycles. The Morgan fingerprint density at radius 3 is 2.74 bits per heavy atom. The first-order valence-electron chi connectivity index (χ1n) is 5.54. The van der Waals surface area contributed by atoms with Crippen molar-refractivity contribution in [3.05, 3.63) is 36.4 Å². The van der Waals surface area contributed by atoms with Crippen LogP contribution in [0, 0.1) is 0 Å². The lowest BCUT2D eigenvalue weighted by Gasteiger charge is -2.17. The molecule has 0 bridgehead atoms. The van der Waals surface area contributed by atoms with Gasteiger partial charge in [-0.25, -0.2) is 9.59 Å². The summed E-state index contributed by atoms with van der Waals surface area (Å²) in [6, 6.07) is 3.87. The molecule has 19 heavy (non-hydrogen) atoms. The lowest BCUT2D eigenvalue weighted by molar-refractivity contribution is 0.0697. The van der Waals surface area contributed by atoms with Crippen molar-refractivity contribution in [2.75, 3.05) is 26.0 Å². The molecule has 0 aromatic heterocycles. The molecule has 6 heteroatoms. The van der Waals surface area contributed by atoms with Gasteiger partial charge in [0.1, 0.15) is 5.75 Å². The van der Waals surface area contributed by atoms with Gasteiger partial charge >= 0.3 is 12.0 Å². The molecule has 0 aliphatic heterocycles. The number of hydrogen-bond donors (Lipinski definition) is 2. The van der Waals surface area contributed by atoms with Crippen LogP contribution in [0.5, 0.6) is 5.75 Å². The number of carbonyl (C=O) groups is 2. The van der Waals surface area contributed by atoms with E-state index in [1.165, 1.54) is 30.2 Å². The fraction of sp³-hybridized carbons (Fsp3) is 0.231. The Kier molecular flexibility index (Phi) is 4.93. The zero-order valence-electron chi connectivity index (χ0n) is 10.8. The first-order valence-corrected chi connectivity index (χ1v) is 5.54. The van der Waals surface area contributed by atoms with Crippen LogP contribution in [0.25, 0.3) is 0 Å². The van der Waals surface area contributed by atoms with Gasteiger partial charge in [-0.15, -0.1) is 6.58 Å². The van der Waals surface area contributed by atoms with Crippen LogP contribution >= 0.6 is 0 Å². The number of nitrogens with one attached hydrogen (secondary N) is 1. The van der Waals surface area contributed by atoms with Crippen LogP contribution in [-0.2, 0) is 0 Å². The van der Waals surface area contributed by atoms with Crippen molar-refractivity contribution in [2.45, 2.75) is 0 Å². The molecule has 2 N–H and O–H groups in total. The van der Waals surface area contributed by atoms with Gasteiger partial charge in [-0.2, -0.15) is 0 Å². The quantitative estimate of drug-likeness (QED) is 0.798. The smallest absolute Gasteiger partial charge is 0.335 e. The number of aromatic carboxylic acids is 1. The standard InChI is InChI=1S/C13H16N2O4/c1-4-7-15(2)13(18)14-10-8-9(12(16)17)5-6-11(10)19-3/h4-6,8H,1,7H2,2-3H3,(H,14,18)(H,16,17). The third kappa shape index (κ3) is 3.74. The summed E-state index contributed by atoms with van der Waals surface area (Å²) in [7, 11) is 3.05. The Labute approximate surface area is 111 Å². The highest BCUT2D eigenvalue weighted by Crippen LogP contribution is 2.25. The fourth-order valence-electron chi connectivity index (χ4n) is 1.43. The van der Waals surface area contributed by atoms with Crippen molar-refractivity contribution in [3.63, 3.8) is 0 Å². The van der Waals surface area contributed by atoms with Crippen LogP contribution in [0.15, 0.2) is 30.9 Å². The number of carbonyl (C=O) groups excluding carboxylic acids is 1. The van der Waals surface area contributed by atoms with Gasteiger partial charge in [-0.05, 0) is 18.2 Å². The maximum Gasteiger partial charge on any atom is 0.335 e. The predicted octanol–water partition coefficient (Wildman–Crippen LogP) is 2.04. The van der Waals surface area contributed by atoms with Crippen LogP contribution in [0.3, 0.4) is 0 Å². The highest BCUT2D eigenvalue weighted by atomic mass is 16.5. The molecular formula is C13H16N2O4. The minimum absolute atomic E-state index is 0.0717. The van der Waals surface area contributed by atoms with Gasteiger partial charge in [-0.1, -0.05) is 6.08 Å². The maximum absolute atomic E-state index is 11.8. The number of urea groups is 1. The summed E-state index contributed by atoms with van der Waals surface area (Å²) in [5.74, 6) is -0.678. The lowest BCUT2D eigenvalue weighted by Crippen LogP contribution is -2.31. The van der Waals surface area contributed by atoms with E-state index in [1.54, 1.807) is 13.1 Å². The fourth-order valence-corrected chi connectivity index (χ4v) is 1.43. The topological polar surface area (TPSA) is 78.9 Å². The summed E-state index contributed by atoms with van der Waals surface area (Å²) in [6.07, 6.45) is 1.59. The number of benzene rings is 1. The SMILES string of the molecule is C=CCN(C)C(=O)Nc1cc(C(=O)O)ccc1OC. The Bertz CT molecular complexity index is 499. The molecule has 0 radical (unpaired) electrons. The van der Waals surface area contributed by atoms with Crippen molar-refractivity contribution < 1.29 is 19.4 Å². The van der Waals surface area contributed by atoms with Crippen LogP contribution in [0.4, 0.5) is 10.5 Å². The van der Waals surface area contributed by atoms with Gasteiger partial charge < -0.3 is 20.1 Å². The third-order valence-electron chi connectivity index (χ3n) is 2.44. The number of amides is 2. The molecular weight excluding hydrogens is 248 g/mol. The van der Waals surface area contributed by atoms with Crippen molar-refractivity contribution >= 4 is 17.7 Å². The van der Waals surface area contributed by atoms with E-state index >= 15 is 0 Å². The summed E-state index contributed by atoms with van der Waals surface area (Å²) >= 11 is 0. The van der Waals surface area contributed by atoms with Crippen LogP contribution in [0.1, 0.15) is 10.4 Å². The Morgan fingerprint density at radius 2 is 2.21 bits per heavy atom. The van der Waals surface area contributed by atoms with E-state index in [1.807, 2.05) is 0 Å². The van der Waals surface area contributed by atoms with Crippen molar-refractivity contribution in [1.29, 1.82) is 0 Å². The van der Waals surface area contributed by atoms with Gasteiger partial charge in [0.05, 0.1) is 18.4 Å². The second-order valence-corrected chi connectivity index (χ2v) is 3.82. The third-order valence-corrected chi connectivity index (χ3v) is 2.44. The minimum Gasteiger partial charge on any atom is -0.495 e. The van der Waals surface area contributed by atoms with Gasteiger partial charge in [0.2, 0.25) is 0 Å². The summed E-state index contributed by atoms with van der Waals surface area (Å²) in [4.78, 5) is 24.1. The molecule has 1 aromatic rings. The monoisotopic (exact) mass is 264 g/mol. The molecule has 0 fully saturated rings. The Balaban J connectivity index is 2.97. The van der Waals surface area contributed by atoms with Gasteiger partial charge in [-0.3, -0.25) is 0 Å². The van der Waals surface area contributed by atoms with E-state index < -0.39 is 5.97 Å². The van der Waals surface area contributed by atoms with E-state index in [0.29, 0.717) is 18.0 Å². The van der Waals surface area contributed by atoms with E-state index in [4.69, 9.17) is 9.84 Å². The second kappa shape index (κ2) is 6.44.